The largest absolute Gasteiger partial charge is 0.302 e. The van der Waals surface area contributed by atoms with Gasteiger partial charge in [0.1, 0.15) is 4.70 Å². The molecule has 2 aromatic heterocycles. The lowest BCUT2D eigenvalue weighted by molar-refractivity contribution is -0.118. The number of nitrogens with zero attached hydrogens (tertiary/aromatic N) is 2. The second-order valence-electron chi connectivity index (χ2n) is 4.89. The van der Waals surface area contributed by atoms with Crippen molar-refractivity contribution in [2.24, 2.45) is 5.92 Å². The summed E-state index contributed by atoms with van der Waals surface area (Å²) in [6.45, 7) is 3.67. The van der Waals surface area contributed by atoms with Crippen LogP contribution in [0.25, 0.3) is 21.6 Å². The van der Waals surface area contributed by atoms with E-state index in [0.29, 0.717) is 15.8 Å². The molecule has 0 saturated heterocycles. The topological polar surface area (TPSA) is 70.7 Å². The van der Waals surface area contributed by atoms with E-state index in [1.54, 1.807) is 0 Å². The van der Waals surface area contributed by atoms with Crippen LogP contribution < -0.4 is 5.32 Å². The van der Waals surface area contributed by atoms with Gasteiger partial charge >= 0.3 is 0 Å². The van der Waals surface area contributed by atoms with Crippen molar-refractivity contribution in [2.75, 3.05) is 5.32 Å². The molecule has 7 heteroatoms. The molecular weight excluding hydrogens is 308 g/mol. The summed E-state index contributed by atoms with van der Waals surface area (Å²) in [5, 5.41) is 11.1. The number of nitrogens with one attached hydrogen (secondary N) is 2. The number of anilines is 1. The minimum Gasteiger partial charge on any atom is -0.302 e. The number of thiazole rings is 1. The van der Waals surface area contributed by atoms with E-state index in [1.807, 2.05) is 38.1 Å². The van der Waals surface area contributed by atoms with Gasteiger partial charge in [0.2, 0.25) is 5.91 Å². The van der Waals surface area contributed by atoms with Gasteiger partial charge in [-0.15, -0.1) is 0 Å². The zero-order valence-electron chi connectivity index (χ0n) is 11.5. The molecule has 0 aliphatic rings. The van der Waals surface area contributed by atoms with E-state index in [0.717, 1.165) is 16.0 Å². The number of halogens is 1. The molecule has 0 radical (unpaired) electrons. The fourth-order valence-corrected chi connectivity index (χ4v) is 3.01. The van der Waals surface area contributed by atoms with Gasteiger partial charge in [0.15, 0.2) is 10.8 Å². The van der Waals surface area contributed by atoms with Crippen molar-refractivity contribution in [3.05, 3.63) is 29.3 Å². The number of hydrogen-bond acceptors (Lipinski definition) is 4. The zero-order chi connectivity index (χ0) is 15.0. The van der Waals surface area contributed by atoms with Crippen molar-refractivity contribution in [3.63, 3.8) is 0 Å². The third kappa shape index (κ3) is 2.64. The van der Waals surface area contributed by atoms with Crippen LogP contribution in [0, 0.1) is 5.92 Å². The third-order valence-corrected chi connectivity index (χ3v) is 4.31. The molecule has 2 heterocycles. The normalized spacial score (nSPS) is 11.2. The molecule has 3 rings (SSSR count). The number of fused-ring (bicyclic) bond motifs is 1. The Morgan fingerprint density at radius 1 is 1.38 bits per heavy atom. The highest BCUT2D eigenvalue weighted by Crippen LogP contribution is 2.36. The van der Waals surface area contributed by atoms with Crippen LogP contribution in [-0.2, 0) is 4.79 Å². The maximum absolute atomic E-state index is 11.7. The van der Waals surface area contributed by atoms with Crippen LogP contribution in [0.2, 0.25) is 5.02 Å². The average Bonchev–Trinajstić information content (AvgIpc) is 2.99. The summed E-state index contributed by atoms with van der Waals surface area (Å²) in [4.78, 5) is 16.0. The highest BCUT2D eigenvalue weighted by atomic mass is 35.5. The fourth-order valence-electron chi connectivity index (χ4n) is 1.86. The van der Waals surface area contributed by atoms with Gasteiger partial charge in [0, 0.05) is 16.5 Å². The number of hydrogen-bond donors (Lipinski definition) is 2. The molecule has 1 amide bonds. The molecular formula is C14H13ClN4OS. The van der Waals surface area contributed by atoms with E-state index in [2.05, 4.69) is 20.5 Å². The Kier molecular flexibility index (Phi) is 3.65. The van der Waals surface area contributed by atoms with Crippen LogP contribution in [0.15, 0.2) is 24.3 Å². The van der Waals surface area contributed by atoms with Crippen molar-refractivity contribution >= 4 is 44.3 Å². The second kappa shape index (κ2) is 5.46. The Balaban J connectivity index is 2.01. The first-order chi connectivity index (χ1) is 10.1. The van der Waals surface area contributed by atoms with E-state index in [1.165, 1.54) is 11.3 Å². The maximum Gasteiger partial charge on any atom is 0.228 e. The van der Waals surface area contributed by atoms with E-state index >= 15 is 0 Å². The SMILES string of the molecule is CC(C)C(=O)Nc1nc2n[nH]c(-c3ccccc3Cl)c2s1. The van der Waals surface area contributed by atoms with Crippen LogP contribution >= 0.6 is 22.9 Å². The van der Waals surface area contributed by atoms with Gasteiger partial charge in [-0.25, -0.2) is 0 Å². The Morgan fingerprint density at radius 2 is 2.14 bits per heavy atom. The molecule has 5 nitrogen and oxygen atoms in total. The molecule has 0 bridgehead atoms. The summed E-state index contributed by atoms with van der Waals surface area (Å²) in [6, 6.07) is 7.53. The fraction of sp³-hybridized carbons (Fsp3) is 0.214. The standard InChI is InChI=1S/C14H13ClN4OS/c1-7(2)13(20)17-14-16-12-11(21-14)10(18-19-12)8-5-3-4-6-9(8)15/h3-7H,1-2H3,(H2,16,17,18,19,20). The lowest BCUT2D eigenvalue weighted by atomic mass is 10.1. The predicted octanol–water partition coefficient (Wildman–Crippen LogP) is 3.93. The Bertz CT molecular complexity index is 808. The van der Waals surface area contributed by atoms with Crippen molar-refractivity contribution in [2.45, 2.75) is 13.8 Å². The van der Waals surface area contributed by atoms with E-state index in [-0.39, 0.29) is 11.8 Å². The quantitative estimate of drug-likeness (QED) is 0.768. The van der Waals surface area contributed by atoms with Crippen LogP contribution in [-0.4, -0.2) is 21.1 Å². The summed E-state index contributed by atoms with van der Waals surface area (Å²) in [5.41, 5.74) is 2.26. The second-order valence-corrected chi connectivity index (χ2v) is 6.30. The molecule has 0 spiro atoms. The van der Waals surface area contributed by atoms with E-state index < -0.39 is 0 Å². The van der Waals surface area contributed by atoms with Crippen molar-refractivity contribution in [1.82, 2.24) is 15.2 Å². The Morgan fingerprint density at radius 3 is 2.86 bits per heavy atom. The maximum atomic E-state index is 11.7. The number of aromatic nitrogens is 3. The summed E-state index contributed by atoms with van der Waals surface area (Å²) in [6.07, 6.45) is 0. The van der Waals surface area contributed by atoms with Gasteiger partial charge in [-0.3, -0.25) is 9.89 Å². The van der Waals surface area contributed by atoms with Crippen LogP contribution in [0.4, 0.5) is 5.13 Å². The minimum absolute atomic E-state index is 0.0605. The van der Waals surface area contributed by atoms with E-state index in [9.17, 15) is 4.79 Å². The highest BCUT2D eigenvalue weighted by Gasteiger charge is 2.17. The summed E-state index contributed by atoms with van der Waals surface area (Å²) in [5.74, 6) is -0.152. The predicted molar refractivity (Wildman–Crippen MR) is 85.7 cm³/mol. The summed E-state index contributed by atoms with van der Waals surface area (Å²) in [7, 11) is 0. The molecule has 0 fully saturated rings. The van der Waals surface area contributed by atoms with Crippen LogP contribution in [0.1, 0.15) is 13.8 Å². The molecule has 0 atom stereocenters. The van der Waals surface area contributed by atoms with Crippen molar-refractivity contribution in [3.8, 4) is 11.3 Å². The summed E-state index contributed by atoms with van der Waals surface area (Å²) >= 11 is 7.60. The van der Waals surface area contributed by atoms with Crippen molar-refractivity contribution < 1.29 is 4.79 Å². The smallest absolute Gasteiger partial charge is 0.228 e. The number of H-pyrrole nitrogens is 1. The first-order valence-electron chi connectivity index (χ1n) is 6.47. The number of amides is 1. The van der Waals surface area contributed by atoms with Crippen molar-refractivity contribution in [1.29, 1.82) is 0 Å². The Labute approximate surface area is 130 Å². The number of benzene rings is 1. The average molecular weight is 321 g/mol. The zero-order valence-corrected chi connectivity index (χ0v) is 13.0. The number of aromatic amines is 1. The number of rotatable bonds is 3. The van der Waals surface area contributed by atoms with E-state index in [4.69, 9.17) is 11.6 Å². The molecule has 108 valence electrons. The molecule has 2 N–H and O–H groups in total. The monoisotopic (exact) mass is 320 g/mol. The van der Waals surface area contributed by atoms with Gasteiger partial charge in [-0.05, 0) is 6.07 Å². The summed E-state index contributed by atoms with van der Waals surface area (Å²) < 4.78 is 0.877. The molecule has 1 aromatic carbocycles. The van der Waals surface area contributed by atoms with Gasteiger partial charge in [0.05, 0.1) is 5.69 Å². The van der Waals surface area contributed by atoms with Gasteiger partial charge < -0.3 is 5.32 Å². The molecule has 3 aromatic rings. The molecule has 0 saturated carbocycles. The lowest BCUT2D eigenvalue weighted by Crippen LogP contribution is -2.17. The van der Waals surface area contributed by atoms with Crippen LogP contribution in [0.3, 0.4) is 0 Å². The third-order valence-electron chi connectivity index (χ3n) is 3.01. The van der Waals surface area contributed by atoms with Gasteiger partial charge in [-0.2, -0.15) is 10.1 Å². The van der Waals surface area contributed by atoms with Gasteiger partial charge in [0.25, 0.3) is 0 Å². The molecule has 0 aliphatic heterocycles. The Hall–Kier alpha value is -1.92. The minimum atomic E-state index is -0.0918. The number of carbonyl (C=O) groups excluding carboxylic acids is 1. The first kappa shape index (κ1) is 14.0. The van der Waals surface area contributed by atoms with Crippen LogP contribution in [0.5, 0.6) is 0 Å². The lowest BCUT2D eigenvalue weighted by Gasteiger charge is -2.03. The molecule has 21 heavy (non-hydrogen) atoms. The highest BCUT2D eigenvalue weighted by molar-refractivity contribution is 7.22. The number of carbonyl (C=O) groups is 1. The van der Waals surface area contributed by atoms with Gasteiger partial charge in [-0.1, -0.05) is 55.0 Å². The first-order valence-corrected chi connectivity index (χ1v) is 7.66. The molecule has 0 unspecified atom stereocenters. The molecule has 0 aliphatic carbocycles.